The highest BCUT2D eigenvalue weighted by molar-refractivity contribution is 6.18. The van der Waals surface area contributed by atoms with Crippen LogP contribution < -0.4 is 4.74 Å². The molecule has 0 fully saturated rings. The second-order valence-electron chi connectivity index (χ2n) is 6.18. The number of hydrogen-bond acceptors (Lipinski definition) is 3. The van der Waals surface area contributed by atoms with E-state index in [0.29, 0.717) is 18.1 Å². The third kappa shape index (κ3) is 4.73. The van der Waals surface area contributed by atoms with Crippen LogP contribution in [0.5, 0.6) is 11.5 Å². The van der Waals surface area contributed by atoms with Crippen LogP contribution in [0.1, 0.15) is 23.1 Å². The molecule has 0 radical (unpaired) electrons. The number of aromatic hydroxyl groups is 1. The fourth-order valence-corrected chi connectivity index (χ4v) is 3.31. The molecule has 140 valence electrons. The number of phenols is 1. The molecule has 0 saturated heterocycles. The first-order valence-electron chi connectivity index (χ1n) is 8.97. The van der Waals surface area contributed by atoms with Gasteiger partial charge in [0.1, 0.15) is 17.6 Å². The predicted octanol–water partition coefficient (Wildman–Crippen LogP) is 5.88. The van der Waals surface area contributed by atoms with Gasteiger partial charge in [-0.3, -0.25) is 0 Å². The first-order chi connectivity index (χ1) is 13.7. The van der Waals surface area contributed by atoms with Gasteiger partial charge in [0.05, 0.1) is 0 Å². The second kappa shape index (κ2) is 9.64. The largest absolute Gasteiger partial charge is 0.508 e. The van der Waals surface area contributed by atoms with Crippen LogP contribution in [0.15, 0.2) is 78.9 Å². The van der Waals surface area contributed by atoms with Gasteiger partial charge >= 0.3 is 0 Å². The highest BCUT2D eigenvalue weighted by Crippen LogP contribution is 2.35. The minimum Gasteiger partial charge on any atom is -0.508 e. The van der Waals surface area contributed by atoms with E-state index in [9.17, 15) is 5.11 Å². The van der Waals surface area contributed by atoms with E-state index >= 15 is 0 Å². The molecule has 0 atom stereocenters. The smallest absolute Gasteiger partial charge is 0.174 e. The van der Waals surface area contributed by atoms with Crippen molar-refractivity contribution in [3.8, 4) is 17.6 Å². The van der Waals surface area contributed by atoms with E-state index in [-0.39, 0.29) is 12.4 Å². The molecule has 0 bridgehead atoms. The number of rotatable bonds is 7. The van der Waals surface area contributed by atoms with Gasteiger partial charge < -0.3 is 9.84 Å². The maximum absolute atomic E-state index is 9.71. The lowest BCUT2D eigenvalue weighted by Gasteiger charge is -2.17. The minimum atomic E-state index is 0.0154. The average molecular weight is 390 g/mol. The zero-order valence-electron chi connectivity index (χ0n) is 15.3. The number of nitrogens with zero attached hydrogens (tertiary/aromatic N) is 1. The van der Waals surface area contributed by atoms with E-state index in [1.165, 1.54) is 0 Å². The second-order valence-corrected chi connectivity index (χ2v) is 6.55. The standard InChI is InChI=1S/C24H20ClNO2/c25-15-14-23(18-4-2-1-3-5-18)24(19-6-10-21(27)11-7-19)20-8-12-22(13-9-20)28-17-16-26/h1-13,27H,14-15,17H2. The van der Waals surface area contributed by atoms with Crippen LogP contribution in [0.2, 0.25) is 0 Å². The Morgan fingerprint density at radius 1 is 0.857 bits per heavy atom. The Balaban J connectivity index is 2.16. The molecule has 0 aliphatic heterocycles. The first-order valence-corrected chi connectivity index (χ1v) is 9.50. The number of benzene rings is 3. The zero-order valence-corrected chi connectivity index (χ0v) is 16.1. The SMILES string of the molecule is N#CCOc1ccc(C(=C(CCCl)c2ccccc2)c2ccc(O)cc2)cc1. The Labute approximate surface area is 170 Å². The number of hydrogen-bond donors (Lipinski definition) is 1. The molecule has 3 nitrogen and oxygen atoms in total. The molecule has 3 aromatic carbocycles. The van der Waals surface area contributed by atoms with Crippen LogP contribution in [-0.4, -0.2) is 17.6 Å². The van der Waals surface area contributed by atoms with Gasteiger partial charge in [-0.2, -0.15) is 5.26 Å². The molecule has 0 spiro atoms. The van der Waals surface area contributed by atoms with E-state index in [1.807, 2.05) is 60.7 Å². The number of allylic oxidation sites excluding steroid dienone is 1. The Bertz CT molecular complexity index is 972. The van der Waals surface area contributed by atoms with Crippen LogP contribution in [-0.2, 0) is 0 Å². The fraction of sp³-hybridized carbons (Fsp3) is 0.125. The lowest BCUT2D eigenvalue weighted by molar-refractivity contribution is 0.368. The van der Waals surface area contributed by atoms with Gasteiger partial charge in [-0.25, -0.2) is 0 Å². The lowest BCUT2D eigenvalue weighted by atomic mass is 9.88. The third-order valence-corrected chi connectivity index (χ3v) is 4.56. The summed E-state index contributed by atoms with van der Waals surface area (Å²) >= 11 is 6.15. The monoisotopic (exact) mass is 389 g/mol. The topological polar surface area (TPSA) is 53.2 Å². The van der Waals surface area contributed by atoms with Crippen molar-refractivity contribution in [3.05, 3.63) is 95.6 Å². The summed E-state index contributed by atoms with van der Waals surface area (Å²) in [7, 11) is 0. The van der Waals surface area contributed by atoms with Crippen molar-refractivity contribution in [2.45, 2.75) is 6.42 Å². The van der Waals surface area contributed by atoms with Crippen molar-refractivity contribution < 1.29 is 9.84 Å². The van der Waals surface area contributed by atoms with Crippen molar-refractivity contribution in [1.82, 2.24) is 0 Å². The summed E-state index contributed by atoms with van der Waals surface area (Å²) < 4.78 is 5.37. The molecule has 0 aromatic heterocycles. The van der Waals surface area contributed by atoms with E-state index in [0.717, 1.165) is 27.8 Å². The summed E-state index contributed by atoms with van der Waals surface area (Å²) in [5, 5.41) is 18.4. The number of phenolic OH excluding ortho intramolecular Hbond substituents is 1. The van der Waals surface area contributed by atoms with Crippen LogP contribution in [0.3, 0.4) is 0 Å². The Morgan fingerprint density at radius 3 is 2.04 bits per heavy atom. The van der Waals surface area contributed by atoms with Gasteiger partial charge in [0.25, 0.3) is 0 Å². The van der Waals surface area contributed by atoms with E-state index in [1.54, 1.807) is 12.1 Å². The van der Waals surface area contributed by atoms with Gasteiger partial charge in [-0.1, -0.05) is 54.6 Å². The van der Waals surface area contributed by atoms with Crippen molar-refractivity contribution in [2.24, 2.45) is 0 Å². The summed E-state index contributed by atoms with van der Waals surface area (Å²) in [6, 6.07) is 27.0. The predicted molar refractivity (Wildman–Crippen MR) is 113 cm³/mol. The summed E-state index contributed by atoms with van der Waals surface area (Å²) in [4.78, 5) is 0. The van der Waals surface area contributed by atoms with Crippen LogP contribution in [0.25, 0.3) is 11.1 Å². The molecule has 0 aliphatic rings. The number of halogens is 1. The van der Waals surface area contributed by atoms with E-state index < -0.39 is 0 Å². The van der Waals surface area contributed by atoms with Gasteiger partial charge in [0, 0.05) is 5.88 Å². The molecule has 0 unspecified atom stereocenters. The quantitative estimate of drug-likeness (QED) is 0.405. The molecule has 0 saturated carbocycles. The molecule has 0 amide bonds. The van der Waals surface area contributed by atoms with Crippen molar-refractivity contribution in [2.75, 3.05) is 12.5 Å². The maximum atomic E-state index is 9.71. The van der Waals surface area contributed by atoms with Crippen molar-refractivity contribution in [1.29, 1.82) is 5.26 Å². The summed E-state index contributed by atoms with van der Waals surface area (Å²) in [6.07, 6.45) is 0.703. The van der Waals surface area contributed by atoms with Crippen molar-refractivity contribution >= 4 is 22.7 Å². The molecule has 28 heavy (non-hydrogen) atoms. The van der Waals surface area contributed by atoms with E-state index in [4.69, 9.17) is 21.6 Å². The molecule has 3 rings (SSSR count). The maximum Gasteiger partial charge on any atom is 0.174 e. The van der Waals surface area contributed by atoms with Gasteiger partial charge in [0.15, 0.2) is 6.61 Å². The average Bonchev–Trinajstić information content (AvgIpc) is 2.74. The Morgan fingerprint density at radius 2 is 1.46 bits per heavy atom. The number of ether oxygens (including phenoxy) is 1. The Hall–Kier alpha value is -3.22. The number of nitriles is 1. The van der Waals surface area contributed by atoms with E-state index in [2.05, 4.69) is 12.1 Å². The normalized spacial score (nSPS) is 11.4. The summed E-state index contributed by atoms with van der Waals surface area (Å²) in [6.45, 7) is 0.0154. The van der Waals surface area contributed by atoms with Gasteiger partial charge in [-0.05, 0) is 58.5 Å². The zero-order chi connectivity index (χ0) is 19.8. The molecular formula is C24H20ClNO2. The molecule has 0 heterocycles. The van der Waals surface area contributed by atoms with Gasteiger partial charge in [0.2, 0.25) is 0 Å². The third-order valence-electron chi connectivity index (χ3n) is 4.37. The van der Waals surface area contributed by atoms with Crippen LogP contribution in [0, 0.1) is 11.3 Å². The highest BCUT2D eigenvalue weighted by atomic mass is 35.5. The molecule has 4 heteroatoms. The number of alkyl halides is 1. The first kappa shape index (κ1) is 19.5. The summed E-state index contributed by atoms with van der Waals surface area (Å²) in [5.41, 5.74) is 5.30. The van der Waals surface area contributed by atoms with Crippen molar-refractivity contribution in [3.63, 3.8) is 0 Å². The van der Waals surface area contributed by atoms with Crippen LogP contribution >= 0.6 is 11.6 Å². The van der Waals surface area contributed by atoms with Gasteiger partial charge in [-0.15, -0.1) is 11.6 Å². The molecule has 0 aliphatic carbocycles. The fourth-order valence-electron chi connectivity index (χ4n) is 3.12. The lowest BCUT2D eigenvalue weighted by Crippen LogP contribution is -1.98. The Kier molecular flexibility index (Phi) is 6.73. The minimum absolute atomic E-state index is 0.0154. The molecule has 1 N–H and O–H groups in total. The van der Waals surface area contributed by atoms with Crippen LogP contribution in [0.4, 0.5) is 0 Å². The highest BCUT2D eigenvalue weighted by Gasteiger charge is 2.14. The molecule has 3 aromatic rings. The molecular weight excluding hydrogens is 370 g/mol. The summed E-state index contributed by atoms with van der Waals surface area (Å²) in [5.74, 6) is 1.37.